The number of rotatable bonds is 4. The molecule has 0 unspecified atom stereocenters. The Morgan fingerprint density at radius 2 is 1.88 bits per heavy atom. The summed E-state index contributed by atoms with van der Waals surface area (Å²) in [6.07, 6.45) is 0.532. The topological polar surface area (TPSA) is 69.2 Å². The highest BCUT2D eigenvalue weighted by atomic mass is 35.5. The number of nitrogens with one attached hydrogen (secondary N) is 2. The van der Waals surface area contributed by atoms with Gasteiger partial charge in [0, 0.05) is 49.0 Å². The molecule has 2 N–H and O–H groups in total. The molecule has 0 aliphatic carbocycles. The van der Waals surface area contributed by atoms with Crippen LogP contribution in [0.5, 0.6) is 0 Å². The summed E-state index contributed by atoms with van der Waals surface area (Å²) in [5, 5.41) is 7.02. The van der Waals surface area contributed by atoms with Gasteiger partial charge in [0.25, 0.3) is 0 Å². The van der Waals surface area contributed by atoms with Crippen molar-refractivity contribution in [2.45, 2.75) is 32.8 Å². The summed E-state index contributed by atoms with van der Waals surface area (Å²) in [7, 11) is 0. The van der Waals surface area contributed by atoms with Crippen molar-refractivity contribution in [3.8, 4) is 0 Å². The van der Waals surface area contributed by atoms with Crippen molar-refractivity contribution < 1.29 is 9.53 Å². The Balaban J connectivity index is 1.36. The lowest BCUT2D eigenvalue weighted by molar-refractivity contribution is 0.0525. The van der Waals surface area contributed by atoms with Gasteiger partial charge >= 0.3 is 6.09 Å². The number of carbonyl (C=O) groups excluding carboxylic acids is 1. The zero-order valence-corrected chi connectivity index (χ0v) is 20.3. The van der Waals surface area contributed by atoms with Crippen molar-refractivity contribution in [1.82, 2.24) is 15.1 Å². The predicted octanol–water partition coefficient (Wildman–Crippen LogP) is 5.01. The molecule has 1 saturated heterocycles. The average Bonchev–Trinajstić information content (AvgIpc) is 2.92. The van der Waals surface area contributed by atoms with E-state index in [2.05, 4.69) is 32.6 Å². The maximum Gasteiger partial charge on any atom is 0.407 e. The molecule has 4 rings (SSSR count). The van der Waals surface area contributed by atoms with Crippen molar-refractivity contribution in [2.24, 2.45) is 4.99 Å². The van der Waals surface area contributed by atoms with Gasteiger partial charge in [-0.25, -0.2) is 9.79 Å². The van der Waals surface area contributed by atoms with Crippen LogP contribution in [-0.4, -0.2) is 66.6 Å². The van der Waals surface area contributed by atoms with Gasteiger partial charge in [0.2, 0.25) is 0 Å². The van der Waals surface area contributed by atoms with E-state index in [-0.39, 0.29) is 6.09 Å². The number of benzene rings is 2. The number of carbonyl (C=O) groups is 1. The van der Waals surface area contributed by atoms with Crippen LogP contribution in [0, 0.1) is 0 Å². The van der Waals surface area contributed by atoms with Gasteiger partial charge in [-0.05, 0) is 64.1 Å². The molecule has 8 heteroatoms. The molecule has 0 aromatic heterocycles. The first kappa shape index (κ1) is 23.4. The molecule has 2 aliphatic heterocycles. The van der Waals surface area contributed by atoms with Crippen LogP contribution in [0.25, 0.3) is 0 Å². The first-order valence-electron chi connectivity index (χ1n) is 11.5. The second-order valence-electron chi connectivity index (χ2n) is 9.38. The highest BCUT2D eigenvalue weighted by molar-refractivity contribution is 6.31. The molecule has 0 radical (unpaired) electrons. The van der Waals surface area contributed by atoms with E-state index < -0.39 is 5.60 Å². The standard InChI is InChI=1S/C25H32ClN5O2/c1-25(2,3)33-24(32)27-11-6-12-30-13-15-31(16-14-30)23-19-7-4-5-8-20(19)28-21-10-9-18(26)17-22(21)29-23/h4-5,7-10,17,28H,6,11-16H2,1-3H3,(H,27,32). The maximum absolute atomic E-state index is 11.8. The molecule has 2 aromatic rings. The molecule has 0 saturated carbocycles. The van der Waals surface area contributed by atoms with E-state index in [1.54, 1.807) is 0 Å². The Bertz CT molecular complexity index is 1030. The number of ether oxygens (including phenoxy) is 1. The van der Waals surface area contributed by atoms with Crippen LogP contribution >= 0.6 is 11.6 Å². The molecule has 33 heavy (non-hydrogen) atoms. The number of anilines is 2. The van der Waals surface area contributed by atoms with Gasteiger partial charge in [-0.3, -0.25) is 4.90 Å². The number of aliphatic imine (C=N–C) groups is 1. The van der Waals surface area contributed by atoms with E-state index in [0.29, 0.717) is 11.6 Å². The fraction of sp³-hybridized carbons (Fsp3) is 0.440. The third-order valence-electron chi connectivity index (χ3n) is 5.61. The smallest absolute Gasteiger partial charge is 0.407 e. The highest BCUT2D eigenvalue weighted by Crippen LogP contribution is 2.36. The monoisotopic (exact) mass is 469 g/mol. The van der Waals surface area contributed by atoms with Gasteiger partial charge in [0.05, 0.1) is 11.4 Å². The molecule has 2 aliphatic rings. The zero-order chi connectivity index (χ0) is 23.4. The van der Waals surface area contributed by atoms with E-state index in [1.807, 2.05) is 51.1 Å². The van der Waals surface area contributed by atoms with Crippen LogP contribution in [-0.2, 0) is 4.74 Å². The number of hydrogen-bond donors (Lipinski definition) is 2. The Hall–Kier alpha value is -2.77. The molecule has 1 fully saturated rings. The highest BCUT2D eigenvalue weighted by Gasteiger charge is 2.25. The molecule has 1 amide bonds. The van der Waals surface area contributed by atoms with Crippen molar-refractivity contribution >= 4 is 40.6 Å². The predicted molar refractivity (Wildman–Crippen MR) is 134 cm³/mol. The summed E-state index contributed by atoms with van der Waals surface area (Å²) in [6.45, 7) is 10.8. The molecular formula is C25H32ClN5O2. The van der Waals surface area contributed by atoms with E-state index >= 15 is 0 Å². The lowest BCUT2D eigenvalue weighted by atomic mass is 10.1. The number of halogens is 1. The molecule has 176 valence electrons. The minimum Gasteiger partial charge on any atom is -0.444 e. The number of amides is 1. The first-order valence-corrected chi connectivity index (χ1v) is 11.9. The largest absolute Gasteiger partial charge is 0.444 e. The third kappa shape index (κ3) is 6.18. The summed E-state index contributed by atoms with van der Waals surface area (Å²) in [5.74, 6) is 0.977. The van der Waals surface area contributed by atoms with Gasteiger partial charge in [-0.2, -0.15) is 0 Å². The van der Waals surface area contributed by atoms with Gasteiger partial charge in [0.15, 0.2) is 0 Å². The first-order chi connectivity index (χ1) is 15.8. The number of hydrogen-bond acceptors (Lipinski definition) is 6. The van der Waals surface area contributed by atoms with Gasteiger partial charge in [-0.15, -0.1) is 0 Å². The Morgan fingerprint density at radius 1 is 1.12 bits per heavy atom. The average molecular weight is 470 g/mol. The number of amidine groups is 1. The zero-order valence-electron chi connectivity index (χ0n) is 19.5. The van der Waals surface area contributed by atoms with Crippen molar-refractivity contribution in [3.63, 3.8) is 0 Å². The second-order valence-corrected chi connectivity index (χ2v) is 9.81. The number of para-hydroxylation sites is 1. The quantitative estimate of drug-likeness (QED) is 0.616. The third-order valence-corrected chi connectivity index (χ3v) is 5.85. The summed E-state index contributed by atoms with van der Waals surface area (Å²) in [4.78, 5) is 21.6. The maximum atomic E-state index is 11.8. The van der Waals surface area contributed by atoms with E-state index in [1.165, 1.54) is 0 Å². The summed E-state index contributed by atoms with van der Waals surface area (Å²) < 4.78 is 5.29. The molecule has 2 aromatic carbocycles. The molecule has 0 atom stereocenters. The molecule has 7 nitrogen and oxygen atoms in total. The summed E-state index contributed by atoms with van der Waals surface area (Å²) >= 11 is 6.25. The summed E-state index contributed by atoms with van der Waals surface area (Å²) in [6, 6.07) is 14.0. The fourth-order valence-corrected chi connectivity index (χ4v) is 4.21. The lowest BCUT2D eigenvalue weighted by Crippen LogP contribution is -2.49. The minimum absolute atomic E-state index is 0.355. The van der Waals surface area contributed by atoms with Crippen LogP contribution in [0.1, 0.15) is 32.8 Å². The van der Waals surface area contributed by atoms with E-state index in [9.17, 15) is 4.79 Å². The van der Waals surface area contributed by atoms with Crippen LogP contribution in [0.2, 0.25) is 5.02 Å². The number of nitrogens with zero attached hydrogens (tertiary/aromatic N) is 3. The van der Waals surface area contributed by atoms with E-state index in [4.69, 9.17) is 21.3 Å². The Morgan fingerprint density at radius 3 is 2.64 bits per heavy atom. The summed E-state index contributed by atoms with van der Waals surface area (Å²) in [5.41, 5.74) is 3.48. The number of piperazine rings is 1. The number of fused-ring (bicyclic) bond motifs is 2. The van der Waals surface area contributed by atoms with Crippen LogP contribution in [0.15, 0.2) is 47.5 Å². The SMILES string of the molecule is CC(C)(C)OC(=O)NCCCN1CCN(C2=Nc3cc(Cl)ccc3Nc3ccccc32)CC1. The molecule has 0 spiro atoms. The van der Waals surface area contributed by atoms with Crippen molar-refractivity contribution in [2.75, 3.05) is 44.6 Å². The normalized spacial score (nSPS) is 16.1. The van der Waals surface area contributed by atoms with Crippen molar-refractivity contribution in [3.05, 3.63) is 53.1 Å². The van der Waals surface area contributed by atoms with Crippen molar-refractivity contribution in [1.29, 1.82) is 0 Å². The number of alkyl carbamates (subject to hydrolysis) is 1. The van der Waals surface area contributed by atoms with Gasteiger partial charge < -0.3 is 20.3 Å². The fourth-order valence-electron chi connectivity index (χ4n) is 4.04. The Labute approximate surface area is 200 Å². The van der Waals surface area contributed by atoms with Crippen LogP contribution in [0.3, 0.4) is 0 Å². The van der Waals surface area contributed by atoms with Gasteiger partial charge in [-0.1, -0.05) is 23.7 Å². The molecule has 0 bridgehead atoms. The Kier molecular flexibility index (Phi) is 7.10. The van der Waals surface area contributed by atoms with Gasteiger partial charge in [0.1, 0.15) is 11.4 Å². The van der Waals surface area contributed by atoms with Crippen LogP contribution in [0.4, 0.5) is 21.9 Å². The lowest BCUT2D eigenvalue weighted by Gasteiger charge is -2.36. The molecule has 2 heterocycles. The second kappa shape index (κ2) is 10.0. The van der Waals surface area contributed by atoms with Crippen LogP contribution < -0.4 is 10.6 Å². The molecular weight excluding hydrogens is 438 g/mol. The minimum atomic E-state index is -0.471. The van der Waals surface area contributed by atoms with E-state index in [0.717, 1.165) is 67.6 Å².